The Kier molecular flexibility index (Phi) is 5.90. The van der Waals surface area contributed by atoms with Gasteiger partial charge in [-0.25, -0.2) is 0 Å². The second-order valence-corrected chi connectivity index (χ2v) is 7.16. The zero-order chi connectivity index (χ0) is 18.5. The number of thioether (sulfide) groups is 1. The molecule has 1 amide bonds. The Balaban J connectivity index is 1.76. The van der Waals surface area contributed by atoms with Crippen LogP contribution in [0.4, 0.5) is 11.4 Å². The summed E-state index contributed by atoms with van der Waals surface area (Å²) in [6, 6.07) is 12.0. The van der Waals surface area contributed by atoms with Gasteiger partial charge < -0.3 is 10.1 Å². The van der Waals surface area contributed by atoms with E-state index in [1.54, 1.807) is 36.9 Å². The van der Waals surface area contributed by atoms with Crippen LogP contribution in [0.1, 0.15) is 28.8 Å². The molecule has 2 aromatic rings. The third-order valence-electron chi connectivity index (χ3n) is 4.33. The number of benzene rings is 2. The van der Waals surface area contributed by atoms with Crippen molar-refractivity contribution in [2.45, 2.75) is 30.8 Å². The number of rotatable bonds is 6. The minimum absolute atomic E-state index is 0.0103. The number of nitro benzene ring substituents is 1. The zero-order valence-corrected chi connectivity index (χ0v) is 15.3. The average Bonchev–Trinajstić information content (AvgIpc) is 3.15. The Morgan fingerprint density at radius 1 is 1.31 bits per heavy atom. The highest BCUT2D eigenvalue weighted by molar-refractivity contribution is 7.99. The number of carbonyl (C=O) groups is 1. The van der Waals surface area contributed by atoms with Gasteiger partial charge in [-0.2, -0.15) is 0 Å². The average molecular weight is 372 g/mol. The highest BCUT2D eigenvalue weighted by Gasteiger charge is 2.19. The summed E-state index contributed by atoms with van der Waals surface area (Å²) in [5, 5.41) is 13.9. The van der Waals surface area contributed by atoms with Gasteiger partial charge in [0.25, 0.3) is 11.6 Å². The molecule has 3 rings (SSSR count). The number of nitro groups is 1. The fourth-order valence-electron chi connectivity index (χ4n) is 2.88. The third kappa shape index (κ3) is 4.23. The van der Waals surface area contributed by atoms with E-state index in [0.717, 1.165) is 30.1 Å². The summed E-state index contributed by atoms with van der Waals surface area (Å²) in [5.41, 5.74) is 1.43. The van der Waals surface area contributed by atoms with Gasteiger partial charge in [0.05, 0.1) is 27.8 Å². The first-order valence-corrected chi connectivity index (χ1v) is 9.43. The molecular formula is C19H20N2O4S. The fourth-order valence-corrected chi connectivity index (χ4v) is 4.00. The van der Waals surface area contributed by atoms with Crippen molar-refractivity contribution in [1.29, 1.82) is 0 Å². The van der Waals surface area contributed by atoms with Gasteiger partial charge in [-0.05, 0) is 38.0 Å². The standard InChI is InChI=1S/C19H20N2O4S/c1-13-16(8-4-9-17(13)21(23)24)20-19(22)15-7-2-3-10-18(15)26-12-14-6-5-11-25-14/h2-4,7-10,14H,5-6,11-12H2,1H3,(H,20,22). The van der Waals surface area contributed by atoms with Gasteiger partial charge in [0.15, 0.2) is 0 Å². The summed E-state index contributed by atoms with van der Waals surface area (Å²) in [7, 11) is 0. The number of hydrogen-bond acceptors (Lipinski definition) is 5. The van der Waals surface area contributed by atoms with Crippen LogP contribution in [0.5, 0.6) is 0 Å². The summed E-state index contributed by atoms with van der Waals surface area (Å²) in [5.74, 6) is 0.532. The molecule has 136 valence electrons. The molecule has 1 aliphatic heterocycles. The third-order valence-corrected chi connectivity index (χ3v) is 5.54. The van der Waals surface area contributed by atoms with Crippen LogP contribution in [0.3, 0.4) is 0 Å². The summed E-state index contributed by atoms with van der Waals surface area (Å²) < 4.78 is 5.64. The Morgan fingerprint density at radius 3 is 2.85 bits per heavy atom. The number of nitrogens with one attached hydrogen (secondary N) is 1. The van der Waals surface area contributed by atoms with E-state index in [2.05, 4.69) is 5.32 Å². The Bertz CT molecular complexity index is 819. The normalized spacial score (nSPS) is 16.4. The summed E-state index contributed by atoms with van der Waals surface area (Å²) >= 11 is 1.60. The SMILES string of the molecule is Cc1c(NC(=O)c2ccccc2SCC2CCCO2)cccc1[N+](=O)[O-]. The maximum atomic E-state index is 12.7. The summed E-state index contributed by atoms with van der Waals surface area (Å²) in [6.45, 7) is 2.44. The Morgan fingerprint density at radius 2 is 2.12 bits per heavy atom. The molecule has 6 nitrogen and oxygen atoms in total. The molecule has 1 atom stereocenters. The highest BCUT2D eigenvalue weighted by atomic mass is 32.2. The fraction of sp³-hybridized carbons (Fsp3) is 0.316. The minimum Gasteiger partial charge on any atom is -0.377 e. The molecule has 0 bridgehead atoms. The van der Waals surface area contributed by atoms with Crippen LogP contribution in [-0.2, 0) is 4.74 Å². The molecule has 1 unspecified atom stereocenters. The number of amides is 1. The molecule has 7 heteroatoms. The van der Waals surface area contributed by atoms with Crippen molar-refractivity contribution < 1.29 is 14.5 Å². The van der Waals surface area contributed by atoms with Crippen LogP contribution >= 0.6 is 11.8 Å². The van der Waals surface area contributed by atoms with Crippen molar-refractivity contribution >= 4 is 29.0 Å². The number of ether oxygens (including phenoxy) is 1. The smallest absolute Gasteiger partial charge is 0.274 e. The molecule has 0 spiro atoms. The lowest BCUT2D eigenvalue weighted by molar-refractivity contribution is -0.385. The van der Waals surface area contributed by atoms with Gasteiger partial charge in [-0.1, -0.05) is 18.2 Å². The van der Waals surface area contributed by atoms with Crippen molar-refractivity contribution in [2.75, 3.05) is 17.7 Å². The number of nitrogens with zero attached hydrogens (tertiary/aromatic N) is 1. The van der Waals surface area contributed by atoms with Crippen molar-refractivity contribution in [3.63, 3.8) is 0 Å². The molecule has 26 heavy (non-hydrogen) atoms. The zero-order valence-electron chi connectivity index (χ0n) is 14.4. The lowest BCUT2D eigenvalue weighted by atomic mass is 10.1. The second kappa shape index (κ2) is 8.33. The Hall–Kier alpha value is -2.38. The lowest BCUT2D eigenvalue weighted by Gasteiger charge is -2.13. The van der Waals surface area contributed by atoms with E-state index in [9.17, 15) is 14.9 Å². The first-order valence-electron chi connectivity index (χ1n) is 8.45. The molecule has 0 aliphatic carbocycles. The van der Waals surface area contributed by atoms with Crippen molar-refractivity contribution in [3.8, 4) is 0 Å². The largest absolute Gasteiger partial charge is 0.377 e. The van der Waals surface area contributed by atoms with E-state index in [4.69, 9.17) is 4.74 Å². The quantitative estimate of drug-likeness (QED) is 0.461. The van der Waals surface area contributed by atoms with Crippen molar-refractivity contribution in [3.05, 3.63) is 63.7 Å². The predicted octanol–water partition coefficient (Wildman–Crippen LogP) is 4.43. The van der Waals surface area contributed by atoms with Gasteiger partial charge >= 0.3 is 0 Å². The van der Waals surface area contributed by atoms with E-state index in [-0.39, 0.29) is 17.7 Å². The van der Waals surface area contributed by atoms with Gasteiger partial charge in [-0.3, -0.25) is 14.9 Å². The van der Waals surface area contributed by atoms with Gasteiger partial charge in [0, 0.05) is 23.3 Å². The molecular weight excluding hydrogens is 352 g/mol. The van der Waals surface area contributed by atoms with E-state index < -0.39 is 4.92 Å². The van der Waals surface area contributed by atoms with Gasteiger partial charge in [0.2, 0.25) is 0 Å². The van der Waals surface area contributed by atoms with Crippen LogP contribution in [0, 0.1) is 17.0 Å². The first kappa shape index (κ1) is 18.4. The molecule has 2 aromatic carbocycles. The number of anilines is 1. The first-order chi connectivity index (χ1) is 12.6. The van der Waals surface area contributed by atoms with Crippen LogP contribution in [0.15, 0.2) is 47.4 Å². The van der Waals surface area contributed by atoms with E-state index in [1.165, 1.54) is 6.07 Å². The second-order valence-electron chi connectivity index (χ2n) is 6.10. The topological polar surface area (TPSA) is 81.5 Å². The molecule has 1 aliphatic rings. The molecule has 0 radical (unpaired) electrons. The molecule has 0 aromatic heterocycles. The van der Waals surface area contributed by atoms with Gasteiger partial charge in [-0.15, -0.1) is 11.8 Å². The molecule has 1 N–H and O–H groups in total. The van der Waals surface area contributed by atoms with Crippen LogP contribution in [0.2, 0.25) is 0 Å². The van der Waals surface area contributed by atoms with E-state index in [1.807, 2.05) is 18.2 Å². The molecule has 1 saturated heterocycles. The highest BCUT2D eigenvalue weighted by Crippen LogP contribution is 2.29. The molecule has 0 saturated carbocycles. The summed E-state index contributed by atoms with van der Waals surface area (Å²) in [4.78, 5) is 24.2. The maximum Gasteiger partial charge on any atom is 0.274 e. The summed E-state index contributed by atoms with van der Waals surface area (Å²) in [6.07, 6.45) is 2.36. The van der Waals surface area contributed by atoms with E-state index >= 15 is 0 Å². The van der Waals surface area contributed by atoms with Crippen molar-refractivity contribution in [1.82, 2.24) is 0 Å². The van der Waals surface area contributed by atoms with E-state index in [0.29, 0.717) is 16.8 Å². The van der Waals surface area contributed by atoms with Gasteiger partial charge in [0.1, 0.15) is 0 Å². The van der Waals surface area contributed by atoms with Crippen molar-refractivity contribution in [2.24, 2.45) is 0 Å². The Labute approximate surface area is 156 Å². The molecule has 1 heterocycles. The van der Waals surface area contributed by atoms with Crippen LogP contribution < -0.4 is 5.32 Å². The monoisotopic (exact) mass is 372 g/mol. The van der Waals surface area contributed by atoms with Crippen LogP contribution in [-0.4, -0.2) is 29.3 Å². The minimum atomic E-state index is -0.448. The lowest BCUT2D eigenvalue weighted by Crippen LogP contribution is -2.15. The number of hydrogen-bond donors (Lipinski definition) is 1. The molecule has 1 fully saturated rings. The number of carbonyl (C=O) groups excluding carboxylic acids is 1. The van der Waals surface area contributed by atoms with Crippen LogP contribution in [0.25, 0.3) is 0 Å². The maximum absolute atomic E-state index is 12.7. The predicted molar refractivity (Wildman–Crippen MR) is 102 cm³/mol.